The number of rotatable bonds is 5. The van der Waals surface area contributed by atoms with Crippen LogP contribution in [-0.2, 0) is 4.79 Å². The molecule has 0 bridgehead atoms. The molecule has 28 heavy (non-hydrogen) atoms. The molecule has 0 radical (unpaired) electrons. The SMILES string of the molecule is CCC(=O)NC1CCCN(C(=O)c2cnn(-c3ccc(F)cc3)c2C(C)C)C1. The molecule has 2 amide bonds. The topological polar surface area (TPSA) is 67.2 Å². The highest BCUT2D eigenvalue weighted by atomic mass is 19.1. The van der Waals surface area contributed by atoms with Crippen LogP contribution in [0.15, 0.2) is 30.5 Å². The molecule has 1 N–H and O–H groups in total. The van der Waals surface area contributed by atoms with Crippen molar-refractivity contribution in [2.75, 3.05) is 13.1 Å². The normalized spacial score (nSPS) is 17.0. The fourth-order valence-electron chi connectivity index (χ4n) is 3.65. The monoisotopic (exact) mass is 386 g/mol. The zero-order chi connectivity index (χ0) is 20.3. The maximum atomic E-state index is 13.3. The molecule has 2 heterocycles. The van der Waals surface area contributed by atoms with Gasteiger partial charge < -0.3 is 10.2 Å². The summed E-state index contributed by atoms with van der Waals surface area (Å²) in [7, 11) is 0. The van der Waals surface area contributed by atoms with Crippen molar-refractivity contribution in [1.82, 2.24) is 20.0 Å². The average molecular weight is 386 g/mol. The van der Waals surface area contributed by atoms with Gasteiger partial charge in [0, 0.05) is 25.6 Å². The summed E-state index contributed by atoms with van der Waals surface area (Å²) in [5.74, 6) is -0.322. The maximum absolute atomic E-state index is 13.3. The van der Waals surface area contributed by atoms with Crippen LogP contribution in [0.4, 0.5) is 4.39 Å². The van der Waals surface area contributed by atoms with Crippen LogP contribution in [-0.4, -0.2) is 45.6 Å². The Labute approximate surface area is 164 Å². The van der Waals surface area contributed by atoms with Crippen molar-refractivity contribution in [2.24, 2.45) is 0 Å². The van der Waals surface area contributed by atoms with Gasteiger partial charge in [-0.2, -0.15) is 5.10 Å². The molecule has 1 aliphatic heterocycles. The number of piperidine rings is 1. The highest BCUT2D eigenvalue weighted by Crippen LogP contribution is 2.25. The Morgan fingerprint density at radius 1 is 1.29 bits per heavy atom. The Bertz CT molecular complexity index is 845. The van der Waals surface area contributed by atoms with E-state index < -0.39 is 0 Å². The van der Waals surface area contributed by atoms with Crippen LogP contribution in [0.1, 0.15) is 62.0 Å². The van der Waals surface area contributed by atoms with E-state index >= 15 is 0 Å². The number of likely N-dealkylation sites (tertiary alicyclic amines) is 1. The Balaban J connectivity index is 1.85. The summed E-state index contributed by atoms with van der Waals surface area (Å²) in [4.78, 5) is 26.7. The lowest BCUT2D eigenvalue weighted by Gasteiger charge is -2.33. The maximum Gasteiger partial charge on any atom is 0.257 e. The molecule has 0 spiro atoms. The summed E-state index contributed by atoms with van der Waals surface area (Å²) in [5, 5.41) is 7.40. The lowest BCUT2D eigenvalue weighted by Crippen LogP contribution is -2.49. The summed E-state index contributed by atoms with van der Waals surface area (Å²) in [6.45, 7) is 7.00. The Hall–Kier alpha value is -2.70. The molecule has 0 aliphatic carbocycles. The molecule has 7 heteroatoms. The van der Waals surface area contributed by atoms with Gasteiger partial charge in [-0.15, -0.1) is 0 Å². The molecule has 1 fully saturated rings. The lowest BCUT2D eigenvalue weighted by molar-refractivity contribution is -0.121. The summed E-state index contributed by atoms with van der Waals surface area (Å²) in [6.07, 6.45) is 3.76. The summed E-state index contributed by atoms with van der Waals surface area (Å²) >= 11 is 0. The minimum atomic E-state index is -0.313. The number of benzene rings is 1. The molecule has 1 aliphatic rings. The number of nitrogens with zero attached hydrogens (tertiary/aromatic N) is 3. The number of nitrogens with one attached hydrogen (secondary N) is 1. The lowest BCUT2D eigenvalue weighted by atomic mass is 10.0. The molecule has 1 aromatic heterocycles. The molecule has 3 rings (SSSR count). The van der Waals surface area contributed by atoms with Gasteiger partial charge in [-0.3, -0.25) is 9.59 Å². The number of amides is 2. The molecule has 150 valence electrons. The predicted octanol–water partition coefficient (Wildman–Crippen LogP) is 3.27. The fourth-order valence-corrected chi connectivity index (χ4v) is 3.65. The van der Waals surface area contributed by atoms with E-state index in [4.69, 9.17) is 0 Å². The first-order valence-corrected chi connectivity index (χ1v) is 9.83. The smallest absolute Gasteiger partial charge is 0.257 e. The molecule has 1 unspecified atom stereocenters. The van der Waals surface area contributed by atoms with Gasteiger partial charge in [0.2, 0.25) is 5.91 Å². The molecule has 2 aromatic rings. The van der Waals surface area contributed by atoms with Gasteiger partial charge >= 0.3 is 0 Å². The second-order valence-corrected chi connectivity index (χ2v) is 7.50. The fraction of sp³-hybridized carbons (Fsp3) is 0.476. The van der Waals surface area contributed by atoms with Crippen molar-refractivity contribution in [3.8, 4) is 5.69 Å². The minimum Gasteiger partial charge on any atom is -0.352 e. The van der Waals surface area contributed by atoms with Gasteiger partial charge in [-0.05, 0) is 43.0 Å². The largest absolute Gasteiger partial charge is 0.352 e. The first-order chi connectivity index (χ1) is 13.4. The first-order valence-electron chi connectivity index (χ1n) is 9.83. The number of carbonyl (C=O) groups is 2. The van der Waals surface area contributed by atoms with E-state index in [-0.39, 0.29) is 29.6 Å². The number of aromatic nitrogens is 2. The van der Waals surface area contributed by atoms with Crippen molar-refractivity contribution in [3.05, 3.63) is 47.5 Å². The highest BCUT2D eigenvalue weighted by Gasteiger charge is 2.29. The van der Waals surface area contributed by atoms with Gasteiger partial charge in [0.25, 0.3) is 5.91 Å². The molecule has 1 saturated heterocycles. The highest BCUT2D eigenvalue weighted by molar-refractivity contribution is 5.95. The second kappa shape index (κ2) is 8.54. The molecule has 0 saturated carbocycles. The summed E-state index contributed by atoms with van der Waals surface area (Å²) in [6, 6.07) is 6.06. The van der Waals surface area contributed by atoms with Gasteiger partial charge in [0.1, 0.15) is 5.82 Å². The van der Waals surface area contributed by atoms with Gasteiger partial charge in [-0.1, -0.05) is 20.8 Å². The summed E-state index contributed by atoms with van der Waals surface area (Å²) < 4.78 is 15.0. The molecule has 1 atom stereocenters. The van der Waals surface area contributed by atoms with Gasteiger partial charge in [0.15, 0.2) is 0 Å². The van der Waals surface area contributed by atoms with E-state index in [9.17, 15) is 14.0 Å². The zero-order valence-corrected chi connectivity index (χ0v) is 16.6. The van der Waals surface area contributed by atoms with Gasteiger partial charge in [-0.25, -0.2) is 9.07 Å². The van der Waals surface area contributed by atoms with Crippen LogP contribution < -0.4 is 5.32 Å². The van der Waals surface area contributed by atoms with E-state index in [1.165, 1.54) is 12.1 Å². The minimum absolute atomic E-state index is 0.00583. The number of carbonyl (C=O) groups excluding carboxylic acids is 2. The third kappa shape index (κ3) is 4.24. The van der Waals surface area contributed by atoms with Crippen molar-refractivity contribution >= 4 is 11.8 Å². The average Bonchev–Trinajstić information content (AvgIpc) is 3.13. The van der Waals surface area contributed by atoms with E-state index in [0.29, 0.717) is 25.1 Å². The third-order valence-corrected chi connectivity index (χ3v) is 5.05. The van der Waals surface area contributed by atoms with E-state index in [0.717, 1.165) is 24.2 Å². The molecular weight excluding hydrogens is 359 g/mol. The Morgan fingerprint density at radius 2 is 2.00 bits per heavy atom. The van der Waals surface area contributed by atoms with E-state index in [2.05, 4.69) is 10.4 Å². The Morgan fingerprint density at radius 3 is 2.64 bits per heavy atom. The third-order valence-electron chi connectivity index (χ3n) is 5.05. The molecule has 1 aromatic carbocycles. The van der Waals surface area contributed by atoms with Crippen molar-refractivity contribution < 1.29 is 14.0 Å². The van der Waals surface area contributed by atoms with Crippen LogP contribution >= 0.6 is 0 Å². The van der Waals surface area contributed by atoms with Crippen molar-refractivity contribution in [3.63, 3.8) is 0 Å². The Kier molecular flexibility index (Phi) is 6.11. The van der Waals surface area contributed by atoms with E-state index in [1.54, 1.807) is 27.9 Å². The van der Waals surface area contributed by atoms with Crippen molar-refractivity contribution in [1.29, 1.82) is 0 Å². The van der Waals surface area contributed by atoms with Crippen LogP contribution in [0, 0.1) is 5.82 Å². The van der Waals surface area contributed by atoms with Crippen molar-refractivity contribution in [2.45, 2.75) is 52.0 Å². The van der Waals surface area contributed by atoms with Crippen LogP contribution in [0.3, 0.4) is 0 Å². The molecule has 6 nitrogen and oxygen atoms in total. The molecular formula is C21H27FN4O2. The van der Waals surface area contributed by atoms with E-state index in [1.807, 2.05) is 20.8 Å². The first kappa shape index (κ1) is 20.0. The predicted molar refractivity (Wildman–Crippen MR) is 105 cm³/mol. The quantitative estimate of drug-likeness (QED) is 0.858. The van der Waals surface area contributed by atoms with Crippen LogP contribution in [0.25, 0.3) is 5.69 Å². The number of hydrogen-bond acceptors (Lipinski definition) is 3. The second-order valence-electron chi connectivity index (χ2n) is 7.50. The van der Waals surface area contributed by atoms with Crippen LogP contribution in [0.5, 0.6) is 0 Å². The van der Waals surface area contributed by atoms with Crippen LogP contribution in [0.2, 0.25) is 0 Å². The number of hydrogen-bond donors (Lipinski definition) is 1. The zero-order valence-electron chi connectivity index (χ0n) is 16.6. The standard InChI is InChI=1S/C21H27FN4O2/c1-4-19(27)24-16-6-5-11-25(13-16)21(28)18-12-23-26(20(18)14(2)3)17-9-7-15(22)8-10-17/h7-10,12,14,16H,4-6,11,13H2,1-3H3,(H,24,27). The van der Waals surface area contributed by atoms with Gasteiger partial charge in [0.05, 0.1) is 23.1 Å². The number of halogens is 1. The summed E-state index contributed by atoms with van der Waals surface area (Å²) in [5.41, 5.74) is 2.08.